The van der Waals surface area contributed by atoms with Crippen molar-refractivity contribution in [1.29, 1.82) is 5.41 Å². The maximum Gasteiger partial charge on any atom is 0.255 e. The first-order valence-corrected chi connectivity index (χ1v) is 7.45. The lowest BCUT2D eigenvalue weighted by molar-refractivity contribution is -0.119. The average Bonchev–Trinajstić information content (AvgIpc) is 2.57. The first kappa shape index (κ1) is 23.8. The minimum Gasteiger partial charge on any atom is -1.00 e. The second-order valence-corrected chi connectivity index (χ2v) is 5.42. The van der Waals surface area contributed by atoms with Crippen LogP contribution in [0.4, 0.5) is 0 Å². The number of carbonyl (C=O) groups excluding carboxylic acids is 2. The van der Waals surface area contributed by atoms with E-state index in [2.05, 4.69) is 10.3 Å². The second kappa shape index (κ2) is 10.7. The van der Waals surface area contributed by atoms with Gasteiger partial charge in [0.1, 0.15) is 11.6 Å². The summed E-state index contributed by atoms with van der Waals surface area (Å²) < 4.78 is 5.36. The molecule has 0 fully saturated rings. The molecule has 2 amide bonds. The molecular weight excluding hydrogens is 372 g/mol. The number of benzene rings is 1. The highest BCUT2D eigenvalue weighted by Gasteiger charge is 2.11. The minimum atomic E-state index is -0.631. The first-order valence-electron chi connectivity index (χ1n) is 7.45. The van der Waals surface area contributed by atoms with Gasteiger partial charge in [0.05, 0.1) is 5.56 Å². The molecule has 2 rings (SSSR count). The highest BCUT2D eigenvalue weighted by molar-refractivity contribution is 5.95. The van der Waals surface area contributed by atoms with Crippen molar-refractivity contribution in [2.45, 2.75) is 13.5 Å². The Morgan fingerprint density at radius 3 is 2.48 bits per heavy atom. The zero-order valence-corrected chi connectivity index (χ0v) is 15.8. The van der Waals surface area contributed by atoms with Gasteiger partial charge in [-0.1, -0.05) is 12.1 Å². The Bertz CT molecular complexity index is 828. The van der Waals surface area contributed by atoms with Crippen LogP contribution in [0.5, 0.6) is 5.75 Å². The van der Waals surface area contributed by atoms with Crippen LogP contribution in [-0.2, 0) is 11.3 Å². The third-order valence-corrected chi connectivity index (χ3v) is 3.32. The van der Waals surface area contributed by atoms with Crippen LogP contribution in [-0.4, -0.2) is 29.2 Å². The molecule has 27 heavy (non-hydrogen) atoms. The van der Waals surface area contributed by atoms with E-state index in [1.165, 1.54) is 12.3 Å². The van der Waals surface area contributed by atoms with Crippen LogP contribution in [0, 0.1) is 12.3 Å². The van der Waals surface area contributed by atoms with Crippen molar-refractivity contribution in [3.8, 4) is 5.75 Å². The van der Waals surface area contributed by atoms with E-state index in [0.29, 0.717) is 22.4 Å². The molecular formula is C17H23ClN6O3. The Kier molecular flexibility index (Phi) is 9.48. The second-order valence-electron chi connectivity index (χ2n) is 5.42. The lowest BCUT2D eigenvalue weighted by Gasteiger charge is -2.13. The number of hydrogen-bond donors (Lipinski definition) is 5. The SMILES string of the molecule is Cc1cncc(C(=O)NCc2ccc(C(=N)N)cc2OCC(N)=O)c1.[Cl-].[NH4+]. The number of nitrogens with zero attached hydrogens (tertiary/aromatic N) is 1. The predicted octanol–water partition coefficient (Wildman–Crippen LogP) is -2.15. The monoisotopic (exact) mass is 394 g/mol. The highest BCUT2D eigenvalue weighted by atomic mass is 35.5. The molecule has 2 aromatic rings. The number of aryl methyl sites for hydroxylation is 1. The summed E-state index contributed by atoms with van der Waals surface area (Å²) in [6.45, 7) is 1.70. The Hall–Kier alpha value is -3.17. The van der Waals surface area contributed by atoms with E-state index in [1.54, 1.807) is 24.4 Å². The molecule has 0 aliphatic rings. The number of carbonyl (C=O) groups is 2. The quantitative estimate of drug-likeness (QED) is 0.264. The van der Waals surface area contributed by atoms with Crippen LogP contribution >= 0.6 is 0 Å². The van der Waals surface area contributed by atoms with Crippen molar-refractivity contribution < 1.29 is 26.7 Å². The molecule has 10 heteroatoms. The van der Waals surface area contributed by atoms with Crippen molar-refractivity contribution in [3.05, 3.63) is 58.9 Å². The fourth-order valence-corrected chi connectivity index (χ4v) is 2.11. The number of nitrogen functional groups attached to an aromatic ring is 1. The number of halogens is 1. The van der Waals surface area contributed by atoms with Crippen LogP contribution in [0.3, 0.4) is 0 Å². The number of nitrogens with one attached hydrogen (secondary N) is 2. The summed E-state index contributed by atoms with van der Waals surface area (Å²) in [5.74, 6) is -0.721. The fourth-order valence-electron chi connectivity index (χ4n) is 2.11. The number of nitrogens with two attached hydrogens (primary N) is 2. The molecule has 0 saturated heterocycles. The summed E-state index contributed by atoms with van der Waals surface area (Å²) in [6, 6.07) is 6.56. The van der Waals surface area contributed by atoms with Gasteiger partial charge in [0.25, 0.3) is 11.8 Å². The summed E-state index contributed by atoms with van der Waals surface area (Å²) in [6.07, 6.45) is 3.14. The Morgan fingerprint density at radius 2 is 1.89 bits per heavy atom. The van der Waals surface area contributed by atoms with Crippen LogP contribution in [0.15, 0.2) is 36.7 Å². The molecule has 0 aliphatic carbocycles. The van der Waals surface area contributed by atoms with Gasteiger partial charge in [-0.2, -0.15) is 0 Å². The van der Waals surface area contributed by atoms with E-state index >= 15 is 0 Å². The third kappa shape index (κ3) is 6.92. The molecule has 10 N–H and O–H groups in total. The summed E-state index contributed by atoms with van der Waals surface area (Å²) in [4.78, 5) is 27.1. The fraction of sp³-hybridized carbons (Fsp3) is 0.176. The summed E-state index contributed by atoms with van der Waals surface area (Å²) in [5, 5.41) is 10.2. The lowest BCUT2D eigenvalue weighted by atomic mass is 10.1. The van der Waals surface area contributed by atoms with Crippen LogP contribution < -0.4 is 40.1 Å². The van der Waals surface area contributed by atoms with Crippen molar-refractivity contribution in [1.82, 2.24) is 16.5 Å². The zero-order chi connectivity index (χ0) is 18.4. The maximum absolute atomic E-state index is 12.2. The maximum atomic E-state index is 12.2. The van der Waals surface area contributed by atoms with Gasteiger partial charge >= 0.3 is 0 Å². The summed E-state index contributed by atoms with van der Waals surface area (Å²) >= 11 is 0. The van der Waals surface area contributed by atoms with E-state index < -0.39 is 5.91 Å². The molecule has 0 unspecified atom stereocenters. The van der Waals surface area contributed by atoms with Crippen molar-refractivity contribution in [3.63, 3.8) is 0 Å². The molecule has 1 heterocycles. The van der Waals surface area contributed by atoms with Gasteiger partial charge in [0.15, 0.2) is 6.61 Å². The molecule has 0 radical (unpaired) electrons. The van der Waals surface area contributed by atoms with Gasteiger partial charge in [0, 0.05) is 30.1 Å². The van der Waals surface area contributed by atoms with E-state index in [4.69, 9.17) is 21.6 Å². The van der Waals surface area contributed by atoms with E-state index in [-0.39, 0.29) is 43.5 Å². The standard InChI is InChI=1S/C17H19N5O3.ClH.H3N/c1-10-4-13(7-21-6-10)17(24)22-8-12-3-2-11(16(19)20)5-14(12)25-9-15(18)23;;/h2-7H,8-9H2,1H3,(H2,18,23)(H3,19,20)(H,22,24);1H;1H3. The number of aromatic nitrogens is 1. The summed E-state index contributed by atoms with van der Waals surface area (Å²) in [7, 11) is 0. The van der Waals surface area contributed by atoms with Crippen LogP contribution in [0.1, 0.15) is 27.0 Å². The molecule has 0 spiro atoms. The van der Waals surface area contributed by atoms with Crippen molar-refractivity contribution >= 4 is 17.6 Å². The zero-order valence-electron chi connectivity index (χ0n) is 15.1. The molecule has 9 nitrogen and oxygen atoms in total. The number of quaternary nitrogens is 1. The summed E-state index contributed by atoms with van der Waals surface area (Å²) in [5.41, 5.74) is 12.9. The first-order chi connectivity index (χ1) is 11.9. The van der Waals surface area contributed by atoms with Gasteiger partial charge < -0.3 is 40.1 Å². The number of primary amides is 1. The van der Waals surface area contributed by atoms with E-state index in [9.17, 15) is 9.59 Å². The number of hydrogen-bond acceptors (Lipinski definition) is 5. The highest BCUT2D eigenvalue weighted by Crippen LogP contribution is 2.20. The molecule has 146 valence electrons. The Labute approximate surface area is 163 Å². The van der Waals surface area contributed by atoms with Crippen molar-refractivity contribution in [2.24, 2.45) is 11.5 Å². The molecule has 0 aliphatic heterocycles. The molecule has 0 saturated carbocycles. The molecule has 1 aromatic heterocycles. The topological polar surface area (TPSA) is 181 Å². The number of rotatable bonds is 7. The smallest absolute Gasteiger partial charge is 0.255 e. The van der Waals surface area contributed by atoms with Gasteiger partial charge in [-0.05, 0) is 24.6 Å². The van der Waals surface area contributed by atoms with Gasteiger partial charge in [-0.25, -0.2) is 0 Å². The van der Waals surface area contributed by atoms with E-state index in [0.717, 1.165) is 5.56 Å². The lowest BCUT2D eigenvalue weighted by Crippen LogP contribution is -3.00. The van der Waals surface area contributed by atoms with Gasteiger partial charge in [-0.3, -0.25) is 20.0 Å². The van der Waals surface area contributed by atoms with Crippen LogP contribution in [0.25, 0.3) is 0 Å². The number of ether oxygens (including phenoxy) is 1. The Morgan fingerprint density at radius 1 is 1.19 bits per heavy atom. The number of amides is 2. The minimum absolute atomic E-state index is 0. The molecule has 0 bridgehead atoms. The van der Waals surface area contributed by atoms with Crippen molar-refractivity contribution in [2.75, 3.05) is 6.61 Å². The third-order valence-electron chi connectivity index (χ3n) is 3.32. The molecule has 1 aromatic carbocycles. The van der Waals surface area contributed by atoms with Gasteiger partial charge in [0.2, 0.25) is 0 Å². The largest absolute Gasteiger partial charge is 1.00 e. The molecule has 0 atom stereocenters. The average molecular weight is 395 g/mol. The van der Waals surface area contributed by atoms with Gasteiger partial charge in [-0.15, -0.1) is 0 Å². The Balaban J connectivity index is 0.00000338. The normalized spacial score (nSPS) is 9.37. The predicted molar refractivity (Wildman–Crippen MR) is 98.3 cm³/mol. The van der Waals surface area contributed by atoms with E-state index in [1.807, 2.05) is 6.92 Å². The number of amidine groups is 1. The van der Waals surface area contributed by atoms with Crippen LogP contribution in [0.2, 0.25) is 0 Å². The number of pyridine rings is 1.